The first-order valence-electron chi connectivity index (χ1n) is 8.95. The zero-order valence-electron chi connectivity index (χ0n) is 14.5. The predicted molar refractivity (Wildman–Crippen MR) is 94.9 cm³/mol. The summed E-state index contributed by atoms with van der Waals surface area (Å²) in [5.41, 5.74) is 0.942. The molecule has 1 aliphatic heterocycles. The fraction of sp³-hybridized carbons (Fsp3) is 0.556. The van der Waals surface area contributed by atoms with Crippen LogP contribution in [0.3, 0.4) is 0 Å². The molecule has 0 amide bonds. The first-order chi connectivity index (χ1) is 12.1. The largest absolute Gasteiger partial charge is 0.352 e. The number of piperidine rings is 1. The van der Waals surface area contributed by atoms with Crippen LogP contribution in [0.1, 0.15) is 37.3 Å². The molecule has 0 aromatic carbocycles. The van der Waals surface area contributed by atoms with Crippen molar-refractivity contribution in [1.82, 2.24) is 19.1 Å². The van der Waals surface area contributed by atoms with Gasteiger partial charge in [-0.05, 0) is 31.6 Å². The summed E-state index contributed by atoms with van der Waals surface area (Å²) in [7, 11) is 1.74. The van der Waals surface area contributed by atoms with Gasteiger partial charge in [0, 0.05) is 51.1 Å². The van der Waals surface area contributed by atoms with Crippen molar-refractivity contribution in [3.05, 3.63) is 51.2 Å². The number of hydrogen-bond acceptors (Lipinski definition) is 5. The summed E-state index contributed by atoms with van der Waals surface area (Å²) in [6, 6.07) is 1.70. The summed E-state index contributed by atoms with van der Waals surface area (Å²) in [5, 5.41) is 0. The highest BCUT2D eigenvalue weighted by atomic mass is 16.1. The van der Waals surface area contributed by atoms with Crippen LogP contribution in [0.5, 0.6) is 0 Å². The second-order valence-electron chi connectivity index (χ2n) is 7.18. The number of aryl methyl sites for hydroxylation is 1. The van der Waals surface area contributed by atoms with E-state index in [-0.39, 0.29) is 11.1 Å². The minimum Gasteiger partial charge on any atom is -0.352 e. The molecule has 2 aromatic rings. The monoisotopic (exact) mass is 341 g/mol. The molecule has 2 aliphatic rings. The van der Waals surface area contributed by atoms with Crippen LogP contribution in [0.2, 0.25) is 0 Å². The van der Waals surface area contributed by atoms with Crippen molar-refractivity contribution >= 4 is 5.82 Å². The Morgan fingerprint density at radius 1 is 1.12 bits per heavy atom. The molecule has 7 heteroatoms. The number of hydrogen-bond donors (Lipinski definition) is 0. The summed E-state index contributed by atoms with van der Waals surface area (Å²) in [4.78, 5) is 35.2. The van der Waals surface area contributed by atoms with Gasteiger partial charge in [0.05, 0.1) is 12.0 Å². The van der Waals surface area contributed by atoms with E-state index in [9.17, 15) is 9.59 Å². The Labute approximate surface area is 146 Å². The fourth-order valence-corrected chi connectivity index (χ4v) is 3.49. The normalized spacial score (nSPS) is 18.5. The third kappa shape index (κ3) is 3.36. The van der Waals surface area contributed by atoms with E-state index < -0.39 is 0 Å². The molecule has 3 heterocycles. The molecule has 0 N–H and O–H groups in total. The molecule has 0 unspecified atom stereocenters. The quantitative estimate of drug-likeness (QED) is 0.833. The van der Waals surface area contributed by atoms with Gasteiger partial charge in [0.1, 0.15) is 0 Å². The molecule has 0 spiro atoms. The molecular weight excluding hydrogens is 318 g/mol. The lowest BCUT2D eigenvalue weighted by molar-refractivity contribution is 0.349. The molecule has 132 valence electrons. The Hall–Kier alpha value is -2.44. The van der Waals surface area contributed by atoms with Gasteiger partial charge in [-0.15, -0.1) is 0 Å². The Bertz CT molecular complexity index is 876. The number of anilines is 1. The topological polar surface area (TPSA) is 73.0 Å². The molecular formula is C18H23N5O2. The Balaban J connectivity index is 1.40. The molecule has 25 heavy (non-hydrogen) atoms. The average Bonchev–Trinajstić information content (AvgIpc) is 3.45. The summed E-state index contributed by atoms with van der Waals surface area (Å²) < 4.78 is 3.28. The van der Waals surface area contributed by atoms with Gasteiger partial charge >= 0.3 is 0 Å². The SMILES string of the molecule is Cn1ccnc(N2CCC(Cn3cnc(C4CC4)cc3=O)CC2)c1=O. The van der Waals surface area contributed by atoms with Crippen molar-refractivity contribution in [1.29, 1.82) is 0 Å². The van der Waals surface area contributed by atoms with Crippen LogP contribution in [0.25, 0.3) is 0 Å². The summed E-state index contributed by atoms with van der Waals surface area (Å²) >= 11 is 0. The average molecular weight is 341 g/mol. The van der Waals surface area contributed by atoms with E-state index in [0.717, 1.165) is 44.5 Å². The van der Waals surface area contributed by atoms with E-state index in [1.807, 2.05) is 0 Å². The third-order valence-electron chi connectivity index (χ3n) is 5.26. The lowest BCUT2D eigenvalue weighted by Crippen LogP contribution is -2.40. The van der Waals surface area contributed by atoms with Crippen LogP contribution < -0.4 is 16.0 Å². The molecule has 7 nitrogen and oxygen atoms in total. The minimum atomic E-state index is -0.0583. The maximum atomic E-state index is 12.3. The fourth-order valence-electron chi connectivity index (χ4n) is 3.49. The molecule has 4 rings (SSSR count). The van der Waals surface area contributed by atoms with Crippen molar-refractivity contribution in [2.24, 2.45) is 13.0 Å². The van der Waals surface area contributed by atoms with Crippen LogP contribution in [0, 0.1) is 5.92 Å². The maximum absolute atomic E-state index is 12.3. The van der Waals surface area contributed by atoms with Crippen molar-refractivity contribution in [2.45, 2.75) is 38.1 Å². The van der Waals surface area contributed by atoms with E-state index in [1.54, 1.807) is 41.0 Å². The minimum absolute atomic E-state index is 0.0536. The lowest BCUT2D eigenvalue weighted by Gasteiger charge is -2.32. The van der Waals surface area contributed by atoms with Crippen molar-refractivity contribution in [3.63, 3.8) is 0 Å². The van der Waals surface area contributed by atoms with Gasteiger partial charge in [0.25, 0.3) is 11.1 Å². The second kappa shape index (κ2) is 6.46. The Kier molecular flexibility index (Phi) is 4.15. The number of aromatic nitrogens is 4. The van der Waals surface area contributed by atoms with E-state index in [0.29, 0.717) is 24.2 Å². The van der Waals surface area contributed by atoms with Crippen LogP contribution in [-0.4, -0.2) is 32.2 Å². The first-order valence-corrected chi connectivity index (χ1v) is 8.95. The van der Waals surface area contributed by atoms with Gasteiger partial charge in [0.2, 0.25) is 0 Å². The van der Waals surface area contributed by atoms with Crippen molar-refractivity contribution < 1.29 is 0 Å². The van der Waals surface area contributed by atoms with Crippen molar-refractivity contribution in [3.8, 4) is 0 Å². The third-order valence-corrected chi connectivity index (χ3v) is 5.26. The highest BCUT2D eigenvalue weighted by Crippen LogP contribution is 2.38. The summed E-state index contributed by atoms with van der Waals surface area (Å²) in [6.45, 7) is 2.28. The highest BCUT2D eigenvalue weighted by Gasteiger charge is 2.26. The molecule has 1 saturated heterocycles. The molecule has 1 aliphatic carbocycles. The molecule has 0 atom stereocenters. The zero-order chi connectivity index (χ0) is 17.4. The summed E-state index contributed by atoms with van der Waals surface area (Å²) in [6.07, 6.45) is 9.23. The highest BCUT2D eigenvalue weighted by molar-refractivity contribution is 5.36. The predicted octanol–water partition coefficient (Wildman–Crippen LogP) is 1.13. The van der Waals surface area contributed by atoms with Gasteiger partial charge in [0.15, 0.2) is 5.82 Å². The van der Waals surface area contributed by atoms with E-state index in [2.05, 4.69) is 14.9 Å². The van der Waals surface area contributed by atoms with Crippen LogP contribution >= 0.6 is 0 Å². The van der Waals surface area contributed by atoms with E-state index in [1.165, 1.54) is 0 Å². The Morgan fingerprint density at radius 2 is 1.88 bits per heavy atom. The lowest BCUT2D eigenvalue weighted by atomic mass is 9.96. The molecule has 2 fully saturated rings. The standard InChI is InChI=1S/C18H23N5O2/c1-21-9-6-19-17(18(21)25)22-7-4-13(5-8-22)11-23-12-20-15(10-16(23)24)14-2-3-14/h6,9-10,12-14H,2-5,7-8,11H2,1H3. The molecule has 0 radical (unpaired) electrons. The van der Waals surface area contributed by atoms with Crippen molar-refractivity contribution in [2.75, 3.05) is 18.0 Å². The van der Waals surface area contributed by atoms with Gasteiger partial charge in [-0.3, -0.25) is 14.2 Å². The second-order valence-corrected chi connectivity index (χ2v) is 7.18. The van der Waals surface area contributed by atoms with Crippen LogP contribution in [-0.2, 0) is 13.6 Å². The summed E-state index contributed by atoms with van der Waals surface area (Å²) in [5.74, 6) is 1.46. The van der Waals surface area contributed by atoms with Gasteiger partial charge in [-0.2, -0.15) is 0 Å². The molecule has 0 bridgehead atoms. The Morgan fingerprint density at radius 3 is 2.56 bits per heavy atom. The number of rotatable bonds is 4. The zero-order valence-corrected chi connectivity index (χ0v) is 14.5. The number of nitrogens with zero attached hydrogens (tertiary/aromatic N) is 5. The van der Waals surface area contributed by atoms with Crippen LogP contribution in [0.4, 0.5) is 5.82 Å². The molecule has 1 saturated carbocycles. The smallest absolute Gasteiger partial charge is 0.293 e. The van der Waals surface area contributed by atoms with Crippen LogP contribution in [0.15, 0.2) is 34.4 Å². The van der Waals surface area contributed by atoms with Gasteiger partial charge in [-0.1, -0.05) is 0 Å². The van der Waals surface area contributed by atoms with Gasteiger partial charge < -0.3 is 9.47 Å². The van der Waals surface area contributed by atoms with Gasteiger partial charge in [-0.25, -0.2) is 9.97 Å². The van der Waals surface area contributed by atoms with E-state index >= 15 is 0 Å². The maximum Gasteiger partial charge on any atom is 0.293 e. The first kappa shape index (κ1) is 16.1. The molecule has 2 aromatic heterocycles. The van der Waals surface area contributed by atoms with E-state index in [4.69, 9.17) is 0 Å².